The van der Waals surface area contributed by atoms with Gasteiger partial charge in [-0.05, 0) is 30.7 Å². The maximum absolute atomic E-state index is 14.0. The quantitative estimate of drug-likeness (QED) is 0.629. The van der Waals surface area contributed by atoms with E-state index < -0.39 is 5.25 Å². The van der Waals surface area contributed by atoms with Gasteiger partial charge in [0.05, 0.1) is 10.8 Å². The molecule has 1 atom stereocenters. The standard InChI is InChI=1S/C19H18ClFN4OS/c1-12(18(26)22-11-13-7-3-5-9-15(13)20)27-19-24-23-17(25(19)2)14-8-4-6-10-16(14)21/h3-10,12H,11H2,1-2H3,(H,22,26)/t12-/m1/s1. The van der Waals surface area contributed by atoms with Crippen LogP contribution in [-0.4, -0.2) is 25.9 Å². The third-order valence-corrected chi connectivity index (χ3v) is 5.51. The molecule has 2 aromatic carbocycles. The summed E-state index contributed by atoms with van der Waals surface area (Å²) in [5.74, 6) is -0.0929. The highest BCUT2D eigenvalue weighted by molar-refractivity contribution is 8.00. The zero-order valence-corrected chi connectivity index (χ0v) is 16.4. The summed E-state index contributed by atoms with van der Waals surface area (Å²) < 4.78 is 15.7. The number of nitrogens with zero attached hydrogens (tertiary/aromatic N) is 3. The van der Waals surface area contributed by atoms with E-state index in [1.807, 2.05) is 18.2 Å². The third-order valence-electron chi connectivity index (χ3n) is 4.01. The second-order valence-corrected chi connectivity index (χ2v) is 7.63. The van der Waals surface area contributed by atoms with E-state index >= 15 is 0 Å². The average Bonchev–Trinajstić information content (AvgIpc) is 3.01. The zero-order chi connectivity index (χ0) is 19.4. The molecule has 0 radical (unpaired) electrons. The summed E-state index contributed by atoms with van der Waals surface area (Å²) in [5.41, 5.74) is 1.22. The number of halogens is 2. The molecule has 5 nitrogen and oxygen atoms in total. The Morgan fingerprint density at radius 3 is 2.67 bits per heavy atom. The smallest absolute Gasteiger partial charge is 0.233 e. The molecule has 1 heterocycles. The van der Waals surface area contributed by atoms with Gasteiger partial charge in [-0.1, -0.05) is 53.7 Å². The molecule has 1 N–H and O–H groups in total. The van der Waals surface area contributed by atoms with Gasteiger partial charge in [0.15, 0.2) is 11.0 Å². The highest BCUT2D eigenvalue weighted by atomic mass is 35.5. The van der Waals surface area contributed by atoms with Crippen molar-refractivity contribution in [1.29, 1.82) is 0 Å². The predicted octanol–water partition coefficient (Wildman–Crippen LogP) is 4.07. The Labute approximate surface area is 166 Å². The summed E-state index contributed by atoms with van der Waals surface area (Å²) in [5, 5.41) is 11.8. The second-order valence-electron chi connectivity index (χ2n) is 5.91. The van der Waals surface area contributed by atoms with Crippen LogP contribution in [0, 0.1) is 5.82 Å². The molecule has 0 spiro atoms. The maximum Gasteiger partial charge on any atom is 0.233 e. The van der Waals surface area contributed by atoms with E-state index in [0.717, 1.165) is 5.56 Å². The van der Waals surface area contributed by atoms with E-state index in [0.29, 0.717) is 28.1 Å². The number of rotatable bonds is 6. The van der Waals surface area contributed by atoms with E-state index in [1.165, 1.54) is 17.8 Å². The summed E-state index contributed by atoms with van der Waals surface area (Å²) >= 11 is 7.36. The van der Waals surface area contributed by atoms with Gasteiger partial charge in [-0.15, -0.1) is 10.2 Å². The molecule has 0 aliphatic rings. The summed E-state index contributed by atoms with van der Waals surface area (Å²) in [6.45, 7) is 2.13. The molecule has 8 heteroatoms. The van der Waals surface area contributed by atoms with Gasteiger partial charge in [0.2, 0.25) is 5.91 Å². The van der Waals surface area contributed by atoms with Crippen LogP contribution in [0.15, 0.2) is 53.7 Å². The van der Waals surface area contributed by atoms with Crippen LogP contribution < -0.4 is 5.32 Å². The number of benzene rings is 2. The van der Waals surface area contributed by atoms with Crippen molar-refractivity contribution >= 4 is 29.3 Å². The first-order chi connectivity index (χ1) is 13.0. The number of nitrogens with one attached hydrogen (secondary N) is 1. The predicted molar refractivity (Wildman–Crippen MR) is 105 cm³/mol. The summed E-state index contributed by atoms with van der Waals surface area (Å²) in [4.78, 5) is 12.4. The fraction of sp³-hybridized carbons (Fsp3) is 0.211. The Morgan fingerprint density at radius 2 is 1.93 bits per heavy atom. The van der Waals surface area contributed by atoms with E-state index in [2.05, 4.69) is 15.5 Å². The van der Waals surface area contributed by atoms with Crippen LogP contribution in [0.4, 0.5) is 4.39 Å². The number of hydrogen-bond donors (Lipinski definition) is 1. The molecule has 3 aromatic rings. The van der Waals surface area contributed by atoms with E-state index in [4.69, 9.17) is 11.6 Å². The lowest BCUT2D eigenvalue weighted by Crippen LogP contribution is -2.30. The van der Waals surface area contributed by atoms with Gasteiger partial charge in [-0.25, -0.2) is 4.39 Å². The normalized spacial score (nSPS) is 12.0. The van der Waals surface area contributed by atoms with Crippen molar-refractivity contribution in [3.8, 4) is 11.4 Å². The van der Waals surface area contributed by atoms with Gasteiger partial charge in [0.25, 0.3) is 0 Å². The number of aromatic nitrogens is 3. The molecule has 0 unspecified atom stereocenters. The number of amides is 1. The minimum absolute atomic E-state index is 0.143. The first-order valence-corrected chi connectivity index (χ1v) is 9.55. The molecule has 1 amide bonds. The van der Waals surface area contributed by atoms with Crippen molar-refractivity contribution in [2.45, 2.75) is 23.9 Å². The molecule has 0 aliphatic carbocycles. The van der Waals surface area contributed by atoms with Gasteiger partial charge in [0.1, 0.15) is 5.82 Å². The van der Waals surface area contributed by atoms with Crippen LogP contribution in [0.5, 0.6) is 0 Å². The molecular weight excluding hydrogens is 387 g/mol. The monoisotopic (exact) mass is 404 g/mol. The van der Waals surface area contributed by atoms with Gasteiger partial charge in [0, 0.05) is 18.6 Å². The summed E-state index contributed by atoms with van der Waals surface area (Å²) in [6.07, 6.45) is 0. The minimum Gasteiger partial charge on any atom is -0.351 e. The van der Waals surface area contributed by atoms with Crippen molar-refractivity contribution < 1.29 is 9.18 Å². The van der Waals surface area contributed by atoms with E-state index in [9.17, 15) is 9.18 Å². The SMILES string of the molecule is C[C@@H](Sc1nnc(-c2ccccc2F)n1C)C(=O)NCc1ccccc1Cl. The highest BCUT2D eigenvalue weighted by Gasteiger charge is 2.20. The average molecular weight is 405 g/mol. The van der Waals surface area contributed by atoms with Crippen LogP contribution >= 0.6 is 23.4 Å². The topological polar surface area (TPSA) is 59.8 Å². The number of carbonyl (C=O) groups is 1. The van der Waals surface area contributed by atoms with Crippen LogP contribution in [0.25, 0.3) is 11.4 Å². The van der Waals surface area contributed by atoms with Crippen molar-refractivity contribution in [3.63, 3.8) is 0 Å². The highest BCUT2D eigenvalue weighted by Crippen LogP contribution is 2.27. The van der Waals surface area contributed by atoms with Gasteiger partial charge < -0.3 is 9.88 Å². The lowest BCUT2D eigenvalue weighted by atomic mass is 10.2. The summed E-state index contributed by atoms with van der Waals surface area (Å²) in [6, 6.07) is 13.7. The first-order valence-electron chi connectivity index (χ1n) is 8.29. The van der Waals surface area contributed by atoms with Crippen molar-refractivity contribution in [3.05, 3.63) is 64.9 Å². The Balaban J connectivity index is 1.66. The molecule has 0 aliphatic heterocycles. The fourth-order valence-corrected chi connectivity index (χ4v) is 3.52. The van der Waals surface area contributed by atoms with Crippen molar-refractivity contribution in [1.82, 2.24) is 20.1 Å². The Morgan fingerprint density at radius 1 is 1.22 bits per heavy atom. The van der Waals surface area contributed by atoms with Gasteiger partial charge in [-0.3, -0.25) is 4.79 Å². The van der Waals surface area contributed by atoms with Crippen LogP contribution in [-0.2, 0) is 18.4 Å². The van der Waals surface area contributed by atoms with Crippen LogP contribution in [0.2, 0.25) is 5.02 Å². The molecule has 0 bridgehead atoms. The Bertz CT molecular complexity index is 962. The van der Waals surface area contributed by atoms with Gasteiger partial charge in [-0.2, -0.15) is 0 Å². The lowest BCUT2D eigenvalue weighted by Gasteiger charge is -2.12. The second kappa shape index (κ2) is 8.54. The minimum atomic E-state index is -0.399. The zero-order valence-electron chi connectivity index (χ0n) is 14.8. The number of hydrogen-bond acceptors (Lipinski definition) is 4. The van der Waals surface area contributed by atoms with Crippen LogP contribution in [0.3, 0.4) is 0 Å². The molecule has 27 heavy (non-hydrogen) atoms. The lowest BCUT2D eigenvalue weighted by molar-refractivity contribution is -0.120. The summed E-state index contributed by atoms with van der Waals surface area (Å²) in [7, 11) is 1.75. The van der Waals surface area contributed by atoms with Gasteiger partial charge >= 0.3 is 0 Å². The Hall–Kier alpha value is -2.38. The molecule has 1 aromatic heterocycles. The molecule has 0 saturated carbocycles. The molecule has 3 rings (SSSR count). The first kappa shape index (κ1) is 19.4. The van der Waals surface area contributed by atoms with E-state index in [1.54, 1.807) is 42.8 Å². The number of carbonyl (C=O) groups excluding carboxylic acids is 1. The molecular formula is C19H18ClFN4OS. The molecule has 0 fully saturated rings. The maximum atomic E-state index is 14.0. The van der Waals surface area contributed by atoms with Crippen molar-refractivity contribution in [2.75, 3.05) is 0 Å². The fourth-order valence-electron chi connectivity index (χ4n) is 2.47. The number of thioether (sulfide) groups is 1. The largest absolute Gasteiger partial charge is 0.351 e. The van der Waals surface area contributed by atoms with Crippen LogP contribution in [0.1, 0.15) is 12.5 Å². The molecule has 140 valence electrons. The molecule has 0 saturated heterocycles. The Kier molecular flexibility index (Phi) is 6.13. The van der Waals surface area contributed by atoms with E-state index in [-0.39, 0.29) is 11.7 Å². The van der Waals surface area contributed by atoms with Crippen molar-refractivity contribution in [2.24, 2.45) is 7.05 Å². The third kappa shape index (κ3) is 4.48.